The zero-order chi connectivity index (χ0) is 19.9. The van der Waals surface area contributed by atoms with Gasteiger partial charge < -0.3 is 15.0 Å². The van der Waals surface area contributed by atoms with E-state index in [0.29, 0.717) is 5.56 Å². The predicted molar refractivity (Wildman–Crippen MR) is 101 cm³/mol. The van der Waals surface area contributed by atoms with Crippen LogP contribution >= 0.6 is 0 Å². The Kier molecular flexibility index (Phi) is 7.80. The molecule has 0 bridgehead atoms. The minimum atomic E-state index is -0.463. The van der Waals surface area contributed by atoms with Gasteiger partial charge in [-0.25, -0.2) is 0 Å². The highest BCUT2D eigenvalue weighted by Crippen LogP contribution is 2.22. The molecule has 0 spiro atoms. The second-order valence-electron chi connectivity index (χ2n) is 7.52. The maximum atomic E-state index is 12.3. The number of ether oxygens (including phenoxy) is 1. The monoisotopic (exact) mass is 362 g/mol. The Bertz CT molecular complexity index is 630. The largest absolute Gasteiger partial charge is 0.468 e. The summed E-state index contributed by atoms with van der Waals surface area (Å²) in [5, 5.41) is 2.75. The van der Waals surface area contributed by atoms with Gasteiger partial charge >= 0.3 is 5.97 Å². The summed E-state index contributed by atoms with van der Waals surface area (Å²) in [5.74, 6) is -0.883. The van der Waals surface area contributed by atoms with Gasteiger partial charge in [-0.3, -0.25) is 14.4 Å². The van der Waals surface area contributed by atoms with Crippen LogP contribution in [0, 0.1) is 0 Å². The molecule has 1 rings (SSSR count). The lowest BCUT2D eigenvalue weighted by atomic mass is 9.87. The molecule has 0 radical (unpaired) electrons. The summed E-state index contributed by atoms with van der Waals surface area (Å²) in [6.07, 6.45) is 0.126. The van der Waals surface area contributed by atoms with E-state index in [4.69, 9.17) is 0 Å². The van der Waals surface area contributed by atoms with Crippen LogP contribution in [0.1, 0.15) is 57.0 Å². The highest BCUT2D eigenvalue weighted by Gasteiger charge is 2.20. The smallest absolute Gasteiger partial charge is 0.325 e. The van der Waals surface area contributed by atoms with Crippen molar-refractivity contribution in [3.05, 3.63) is 35.4 Å². The highest BCUT2D eigenvalue weighted by molar-refractivity contribution is 5.94. The Morgan fingerprint density at radius 1 is 1.12 bits per heavy atom. The average Bonchev–Trinajstić information content (AvgIpc) is 2.58. The van der Waals surface area contributed by atoms with Gasteiger partial charge in [-0.2, -0.15) is 0 Å². The molecule has 144 valence electrons. The second kappa shape index (κ2) is 9.36. The van der Waals surface area contributed by atoms with Gasteiger partial charge in [0.05, 0.1) is 7.11 Å². The fraction of sp³-hybridized carbons (Fsp3) is 0.550. The summed E-state index contributed by atoms with van der Waals surface area (Å²) in [6.45, 7) is 10.1. The van der Waals surface area contributed by atoms with Crippen LogP contribution in [0.25, 0.3) is 0 Å². The van der Waals surface area contributed by atoms with Gasteiger partial charge in [0.1, 0.15) is 6.54 Å². The zero-order valence-electron chi connectivity index (χ0n) is 16.6. The van der Waals surface area contributed by atoms with Crippen LogP contribution in [-0.4, -0.2) is 48.9 Å². The van der Waals surface area contributed by atoms with Gasteiger partial charge in [0.2, 0.25) is 5.91 Å². The zero-order valence-corrected chi connectivity index (χ0v) is 16.6. The number of esters is 1. The van der Waals surface area contributed by atoms with E-state index in [1.807, 2.05) is 26.0 Å². The van der Waals surface area contributed by atoms with Crippen LogP contribution in [0.5, 0.6) is 0 Å². The third kappa shape index (κ3) is 6.50. The van der Waals surface area contributed by atoms with Crippen molar-refractivity contribution in [1.29, 1.82) is 0 Å². The first kappa shape index (κ1) is 21.7. The molecular weight excluding hydrogens is 332 g/mol. The number of benzene rings is 1. The first-order valence-electron chi connectivity index (χ1n) is 8.81. The first-order chi connectivity index (χ1) is 12.1. The molecule has 0 fully saturated rings. The van der Waals surface area contributed by atoms with Crippen molar-refractivity contribution in [2.24, 2.45) is 0 Å². The lowest BCUT2D eigenvalue weighted by Gasteiger charge is -2.25. The van der Waals surface area contributed by atoms with Crippen LogP contribution in [0.4, 0.5) is 0 Å². The fourth-order valence-electron chi connectivity index (χ4n) is 2.41. The van der Waals surface area contributed by atoms with Crippen molar-refractivity contribution in [3.63, 3.8) is 0 Å². The van der Waals surface area contributed by atoms with Crippen LogP contribution in [-0.2, 0) is 19.7 Å². The van der Waals surface area contributed by atoms with Gasteiger partial charge in [-0.1, -0.05) is 32.9 Å². The number of methoxy groups -OCH3 is 1. The van der Waals surface area contributed by atoms with Crippen LogP contribution in [0.3, 0.4) is 0 Å². The predicted octanol–water partition coefficient (Wildman–Crippen LogP) is 2.51. The summed E-state index contributed by atoms with van der Waals surface area (Å²) in [6, 6.07) is 7.33. The summed E-state index contributed by atoms with van der Waals surface area (Å²) in [5.41, 5.74) is 1.74. The maximum absolute atomic E-state index is 12.3. The van der Waals surface area contributed by atoms with Crippen LogP contribution in [0.2, 0.25) is 0 Å². The number of amides is 2. The third-order valence-corrected chi connectivity index (χ3v) is 4.11. The van der Waals surface area contributed by atoms with E-state index in [-0.39, 0.29) is 42.8 Å². The van der Waals surface area contributed by atoms with Crippen molar-refractivity contribution in [1.82, 2.24) is 10.2 Å². The molecule has 1 aromatic carbocycles. The molecule has 6 nitrogen and oxygen atoms in total. The Hall–Kier alpha value is -2.37. The summed E-state index contributed by atoms with van der Waals surface area (Å²) in [7, 11) is 1.29. The Morgan fingerprint density at radius 2 is 1.69 bits per heavy atom. The molecule has 0 atom stereocenters. The first-order valence-corrected chi connectivity index (χ1v) is 8.81. The normalized spacial score (nSPS) is 11.2. The summed E-state index contributed by atoms with van der Waals surface area (Å²) < 4.78 is 4.61. The second-order valence-corrected chi connectivity index (χ2v) is 7.52. The molecule has 26 heavy (non-hydrogen) atoms. The Balaban J connectivity index is 2.56. The Labute approximate surface area is 155 Å². The lowest BCUT2D eigenvalue weighted by molar-refractivity contribution is -0.148. The minimum Gasteiger partial charge on any atom is -0.468 e. The van der Waals surface area contributed by atoms with Crippen molar-refractivity contribution in [2.75, 3.05) is 20.2 Å². The van der Waals surface area contributed by atoms with E-state index in [2.05, 4.69) is 30.8 Å². The molecule has 0 saturated carbocycles. The molecule has 1 aromatic rings. The number of carbonyl (C=O) groups excluding carboxylic acids is 3. The minimum absolute atomic E-state index is 0.0291. The molecule has 0 aliphatic rings. The van der Waals surface area contributed by atoms with Gasteiger partial charge in [0.15, 0.2) is 0 Å². The van der Waals surface area contributed by atoms with E-state index in [1.54, 1.807) is 12.1 Å². The number of rotatable bonds is 7. The number of nitrogens with zero attached hydrogens (tertiary/aromatic N) is 1. The van der Waals surface area contributed by atoms with Crippen molar-refractivity contribution in [3.8, 4) is 0 Å². The highest BCUT2D eigenvalue weighted by atomic mass is 16.5. The van der Waals surface area contributed by atoms with Gasteiger partial charge in [-0.15, -0.1) is 0 Å². The number of carbonyl (C=O) groups is 3. The molecule has 0 aromatic heterocycles. The molecule has 0 saturated heterocycles. The number of hydrogen-bond donors (Lipinski definition) is 1. The molecule has 0 heterocycles. The van der Waals surface area contributed by atoms with Gasteiger partial charge in [0, 0.05) is 24.6 Å². The lowest BCUT2D eigenvalue weighted by Crippen LogP contribution is -2.42. The van der Waals surface area contributed by atoms with E-state index >= 15 is 0 Å². The fourth-order valence-corrected chi connectivity index (χ4v) is 2.41. The maximum Gasteiger partial charge on any atom is 0.325 e. The number of nitrogens with one attached hydrogen (secondary N) is 1. The van der Waals surface area contributed by atoms with E-state index < -0.39 is 5.97 Å². The standard InChI is InChI=1S/C20H30N2O4/c1-14(2)22(13-18(24)26-6)17(23)11-12-21-19(25)15-7-9-16(10-8-15)20(3,4)5/h7-10,14H,11-13H2,1-6H3,(H,21,25). The van der Waals surface area contributed by atoms with Gasteiger partial charge in [-0.05, 0) is 37.0 Å². The molecule has 0 aliphatic heterocycles. The molecular formula is C20H30N2O4. The van der Waals surface area contributed by atoms with Gasteiger partial charge in [0.25, 0.3) is 5.91 Å². The average molecular weight is 362 g/mol. The van der Waals surface area contributed by atoms with Crippen molar-refractivity contribution < 1.29 is 19.1 Å². The van der Waals surface area contributed by atoms with E-state index in [0.717, 1.165) is 5.56 Å². The molecule has 0 unspecified atom stereocenters. The molecule has 1 N–H and O–H groups in total. The van der Waals surface area contributed by atoms with E-state index in [1.165, 1.54) is 12.0 Å². The van der Waals surface area contributed by atoms with Crippen LogP contribution < -0.4 is 5.32 Å². The van der Waals surface area contributed by atoms with Crippen molar-refractivity contribution in [2.45, 2.75) is 52.5 Å². The van der Waals surface area contributed by atoms with E-state index in [9.17, 15) is 14.4 Å². The summed E-state index contributed by atoms with van der Waals surface area (Å²) >= 11 is 0. The SMILES string of the molecule is COC(=O)CN(C(=O)CCNC(=O)c1ccc(C(C)(C)C)cc1)C(C)C. The quantitative estimate of drug-likeness (QED) is 0.756. The summed E-state index contributed by atoms with van der Waals surface area (Å²) in [4.78, 5) is 37.3. The Morgan fingerprint density at radius 3 is 2.15 bits per heavy atom. The number of hydrogen-bond acceptors (Lipinski definition) is 4. The molecule has 0 aliphatic carbocycles. The molecule has 2 amide bonds. The van der Waals surface area contributed by atoms with Crippen molar-refractivity contribution >= 4 is 17.8 Å². The third-order valence-electron chi connectivity index (χ3n) is 4.11. The topological polar surface area (TPSA) is 75.7 Å². The molecule has 6 heteroatoms. The van der Waals surface area contributed by atoms with Crippen LogP contribution in [0.15, 0.2) is 24.3 Å².